The number of nitrogens with one attached hydrogen (secondary N) is 1. The predicted molar refractivity (Wildman–Crippen MR) is 112 cm³/mol. The Morgan fingerprint density at radius 2 is 1.68 bits per heavy atom. The van der Waals surface area contributed by atoms with Gasteiger partial charge in [-0.2, -0.15) is 18.2 Å². The first-order valence-corrected chi connectivity index (χ1v) is 9.35. The summed E-state index contributed by atoms with van der Waals surface area (Å²) in [7, 11) is 1.50. The Morgan fingerprint density at radius 3 is 2.19 bits per heavy atom. The molecule has 10 heteroatoms. The fourth-order valence-corrected chi connectivity index (χ4v) is 2.89. The molecular weight excluding hydrogens is 411 g/mol. The first-order chi connectivity index (χ1) is 14.6. The molecule has 0 aliphatic rings. The average Bonchev–Trinajstić information content (AvgIpc) is 2.73. The highest BCUT2D eigenvalue weighted by atomic mass is 19.4. The van der Waals surface area contributed by atoms with E-state index in [-0.39, 0.29) is 17.5 Å². The summed E-state index contributed by atoms with van der Waals surface area (Å²) in [6.07, 6.45) is -3.93. The molecule has 0 aliphatic heterocycles. The Kier molecular flexibility index (Phi) is 6.09. The Morgan fingerprint density at radius 1 is 1.06 bits per heavy atom. The van der Waals surface area contributed by atoms with Crippen LogP contribution in [0, 0.1) is 10.1 Å². The molecule has 0 radical (unpaired) electrons. The van der Waals surface area contributed by atoms with Gasteiger partial charge in [-0.1, -0.05) is 26.0 Å². The van der Waals surface area contributed by atoms with Crippen LogP contribution in [0.3, 0.4) is 0 Å². The number of non-ortho nitro benzene ring substituents is 1. The number of aromatic nitrogens is 2. The topological polar surface area (TPSA) is 84.2 Å². The second-order valence-corrected chi connectivity index (χ2v) is 7.16. The van der Waals surface area contributed by atoms with Gasteiger partial charge in [0.1, 0.15) is 5.56 Å². The molecule has 0 aliphatic carbocycles. The third-order valence-electron chi connectivity index (χ3n) is 4.67. The number of rotatable bonds is 6. The minimum Gasteiger partial charge on any atom is -0.329 e. The van der Waals surface area contributed by atoms with Crippen molar-refractivity contribution in [3.8, 4) is 0 Å². The summed E-state index contributed by atoms with van der Waals surface area (Å²) in [5, 5.41) is 13.5. The SMILES string of the molecule is CC(C)c1ccc(N(C)c2nc(Nc3ccc([N+](=O)[O-])cc3)ncc2C(F)(F)F)cc1. The van der Waals surface area contributed by atoms with E-state index in [1.807, 2.05) is 26.0 Å². The molecule has 2 aromatic carbocycles. The lowest BCUT2D eigenvalue weighted by Gasteiger charge is -2.23. The third-order valence-corrected chi connectivity index (χ3v) is 4.67. The number of nitrogens with zero attached hydrogens (tertiary/aromatic N) is 4. The van der Waals surface area contributed by atoms with Crippen LogP contribution in [0.2, 0.25) is 0 Å². The largest absolute Gasteiger partial charge is 0.421 e. The van der Waals surface area contributed by atoms with Crippen molar-refractivity contribution in [3.63, 3.8) is 0 Å². The Hall–Kier alpha value is -3.69. The highest BCUT2D eigenvalue weighted by molar-refractivity contribution is 5.65. The molecule has 0 saturated heterocycles. The zero-order valence-electron chi connectivity index (χ0n) is 17.0. The van der Waals surface area contributed by atoms with Crippen LogP contribution < -0.4 is 10.2 Å². The number of nitro groups is 1. The number of hydrogen-bond donors (Lipinski definition) is 1. The third kappa shape index (κ3) is 5.08. The molecule has 0 bridgehead atoms. The van der Waals surface area contributed by atoms with E-state index in [1.165, 1.54) is 36.2 Å². The maximum atomic E-state index is 13.6. The zero-order chi connectivity index (χ0) is 22.8. The monoisotopic (exact) mass is 431 g/mol. The number of hydrogen-bond acceptors (Lipinski definition) is 6. The van der Waals surface area contributed by atoms with Crippen LogP contribution >= 0.6 is 0 Å². The second-order valence-electron chi connectivity index (χ2n) is 7.16. The summed E-state index contributed by atoms with van der Waals surface area (Å²) in [6, 6.07) is 12.6. The average molecular weight is 431 g/mol. The van der Waals surface area contributed by atoms with Crippen molar-refractivity contribution in [3.05, 3.63) is 76.0 Å². The predicted octanol–water partition coefficient (Wildman–Crippen LogP) is 6.04. The minimum atomic E-state index is -4.65. The summed E-state index contributed by atoms with van der Waals surface area (Å²) in [6.45, 7) is 4.06. The van der Waals surface area contributed by atoms with Crippen molar-refractivity contribution in [1.82, 2.24) is 9.97 Å². The van der Waals surface area contributed by atoms with E-state index in [2.05, 4.69) is 15.3 Å². The van der Waals surface area contributed by atoms with Gasteiger partial charge in [0, 0.05) is 36.8 Å². The van der Waals surface area contributed by atoms with E-state index >= 15 is 0 Å². The first-order valence-electron chi connectivity index (χ1n) is 9.35. The molecule has 0 spiro atoms. The summed E-state index contributed by atoms with van der Waals surface area (Å²) in [5.41, 5.74) is 0.924. The van der Waals surface area contributed by atoms with Crippen LogP contribution in [0.15, 0.2) is 54.7 Å². The minimum absolute atomic E-state index is 0.0671. The van der Waals surface area contributed by atoms with Crippen LogP contribution in [0.25, 0.3) is 0 Å². The molecule has 1 N–H and O–H groups in total. The molecule has 3 rings (SSSR count). The number of anilines is 4. The van der Waals surface area contributed by atoms with Crippen molar-refractivity contribution in [2.45, 2.75) is 25.9 Å². The standard InChI is InChI=1S/C21H20F3N5O2/c1-13(2)14-4-8-16(9-5-14)28(3)19-18(21(22,23)24)12-25-20(27-19)26-15-6-10-17(11-7-15)29(30)31/h4-13H,1-3H3,(H,25,26,27). The highest BCUT2D eigenvalue weighted by Crippen LogP contribution is 2.38. The molecule has 0 amide bonds. The normalized spacial score (nSPS) is 11.5. The van der Waals surface area contributed by atoms with Gasteiger partial charge in [0.2, 0.25) is 5.95 Å². The molecule has 1 heterocycles. The van der Waals surface area contributed by atoms with E-state index in [1.54, 1.807) is 12.1 Å². The fourth-order valence-electron chi connectivity index (χ4n) is 2.89. The van der Waals surface area contributed by atoms with Crippen LogP contribution in [0.1, 0.15) is 30.9 Å². The molecular formula is C21H20F3N5O2. The van der Waals surface area contributed by atoms with Gasteiger partial charge in [0.05, 0.1) is 4.92 Å². The number of alkyl halides is 3. The molecule has 1 aromatic heterocycles. The quantitative estimate of drug-likeness (QED) is 0.378. The summed E-state index contributed by atoms with van der Waals surface area (Å²) >= 11 is 0. The number of benzene rings is 2. The Bertz CT molecular complexity index is 1070. The molecule has 0 unspecified atom stereocenters. The Balaban J connectivity index is 1.95. The summed E-state index contributed by atoms with van der Waals surface area (Å²) < 4.78 is 40.7. The van der Waals surface area contributed by atoms with E-state index in [0.29, 0.717) is 17.3 Å². The molecule has 0 atom stereocenters. The van der Waals surface area contributed by atoms with E-state index in [9.17, 15) is 23.3 Å². The number of halogens is 3. The van der Waals surface area contributed by atoms with Gasteiger partial charge >= 0.3 is 6.18 Å². The van der Waals surface area contributed by atoms with Gasteiger partial charge < -0.3 is 10.2 Å². The molecule has 162 valence electrons. The van der Waals surface area contributed by atoms with Gasteiger partial charge in [-0.25, -0.2) is 4.98 Å². The van der Waals surface area contributed by atoms with E-state index in [0.717, 1.165) is 11.8 Å². The van der Waals surface area contributed by atoms with Crippen molar-refractivity contribution in [1.29, 1.82) is 0 Å². The lowest BCUT2D eigenvalue weighted by atomic mass is 10.0. The van der Waals surface area contributed by atoms with Gasteiger partial charge in [0.25, 0.3) is 5.69 Å². The summed E-state index contributed by atoms with van der Waals surface area (Å²) in [4.78, 5) is 19.4. The first kappa shape index (κ1) is 22.0. The lowest BCUT2D eigenvalue weighted by Crippen LogP contribution is -2.19. The van der Waals surface area contributed by atoms with Crippen molar-refractivity contribution < 1.29 is 18.1 Å². The molecule has 0 saturated carbocycles. The van der Waals surface area contributed by atoms with Crippen molar-refractivity contribution in [2.75, 3.05) is 17.3 Å². The van der Waals surface area contributed by atoms with Crippen LogP contribution in [-0.2, 0) is 6.18 Å². The molecule has 0 fully saturated rings. The molecule has 3 aromatic rings. The van der Waals surface area contributed by atoms with Gasteiger partial charge in [0.15, 0.2) is 5.82 Å². The number of nitro benzene ring substituents is 1. The van der Waals surface area contributed by atoms with Crippen LogP contribution in [0.4, 0.5) is 42.0 Å². The fraction of sp³-hybridized carbons (Fsp3) is 0.238. The smallest absolute Gasteiger partial charge is 0.329 e. The maximum absolute atomic E-state index is 13.6. The van der Waals surface area contributed by atoms with E-state index < -0.39 is 16.7 Å². The van der Waals surface area contributed by atoms with E-state index in [4.69, 9.17) is 0 Å². The zero-order valence-corrected chi connectivity index (χ0v) is 17.0. The van der Waals surface area contributed by atoms with Crippen LogP contribution in [-0.4, -0.2) is 21.9 Å². The van der Waals surface area contributed by atoms with Crippen molar-refractivity contribution in [2.24, 2.45) is 0 Å². The maximum Gasteiger partial charge on any atom is 0.421 e. The van der Waals surface area contributed by atoms with Crippen molar-refractivity contribution >= 4 is 28.8 Å². The molecule has 31 heavy (non-hydrogen) atoms. The van der Waals surface area contributed by atoms with Gasteiger partial charge in [-0.15, -0.1) is 0 Å². The van der Waals surface area contributed by atoms with Gasteiger partial charge in [-0.3, -0.25) is 10.1 Å². The molecule has 7 nitrogen and oxygen atoms in total. The highest BCUT2D eigenvalue weighted by Gasteiger charge is 2.36. The van der Waals surface area contributed by atoms with Gasteiger partial charge in [-0.05, 0) is 35.7 Å². The second kappa shape index (κ2) is 8.58. The Labute approximate surface area is 176 Å². The lowest BCUT2D eigenvalue weighted by molar-refractivity contribution is -0.384. The van der Waals surface area contributed by atoms with Crippen LogP contribution in [0.5, 0.6) is 0 Å². The summed E-state index contributed by atoms with van der Waals surface area (Å²) in [5.74, 6) is -0.0895.